The Bertz CT molecular complexity index is 1130. The van der Waals surface area contributed by atoms with E-state index < -0.39 is 15.9 Å². The number of carbonyl (C=O) groups excluding carboxylic acids is 2. The summed E-state index contributed by atoms with van der Waals surface area (Å²) in [5, 5.41) is 2.80. The second-order valence-electron chi connectivity index (χ2n) is 7.77. The van der Waals surface area contributed by atoms with Crippen LogP contribution in [0.3, 0.4) is 0 Å². The number of anilines is 1. The molecule has 2 aliphatic heterocycles. The summed E-state index contributed by atoms with van der Waals surface area (Å²) in [5.74, 6) is 0.651. The standard InChI is InChI=1S/C22H25N3O6S/c1-32(28,29)25(18-8-9-19-20(11-18)31-15-30-19)14-21(26)23-12-16-5-2-3-6-17(16)13-24-10-4-7-22(24)27/h2-3,5-6,8-9,11H,4,7,10,12-15H2,1H3,(H,23,26). The summed E-state index contributed by atoms with van der Waals surface area (Å²) >= 11 is 0. The van der Waals surface area contributed by atoms with Crippen LogP contribution in [0.5, 0.6) is 11.5 Å². The Hall–Kier alpha value is -3.27. The van der Waals surface area contributed by atoms with Gasteiger partial charge in [0.2, 0.25) is 28.6 Å². The third-order valence-corrected chi connectivity index (χ3v) is 6.60. The maximum absolute atomic E-state index is 12.7. The predicted molar refractivity (Wildman–Crippen MR) is 118 cm³/mol. The molecule has 2 aromatic carbocycles. The molecule has 0 radical (unpaired) electrons. The van der Waals surface area contributed by atoms with Crippen LogP contribution in [0, 0.1) is 0 Å². The number of rotatable bonds is 8. The molecule has 1 fully saturated rings. The van der Waals surface area contributed by atoms with Gasteiger partial charge in [0.15, 0.2) is 11.5 Å². The molecule has 0 aliphatic carbocycles. The topological polar surface area (TPSA) is 105 Å². The molecule has 0 unspecified atom stereocenters. The van der Waals surface area contributed by atoms with Crippen LogP contribution in [-0.2, 0) is 32.7 Å². The Morgan fingerprint density at radius 2 is 1.88 bits per heavy atom. The monoisotopic (exact) mass is 459 g/mol. The highest BCUT2D eigenvalue weighted by atomic mass is 32.2. The Balaban J connectivity index is 1.43. The van der Waals surface area contributed by atoms with Gasteiger partial charge in [-0.2, -0.15) is 0 Å². The van der Waals surface area contributed by atoms with Crippen molar-refractivity contribution in [3.8, 4) is 11.5 Å². The van der Waals surface area contributed by atoms with Gasteiger partial charge < -0.3 is 19.7 Å². The summed E-state index contributed by atoms with van der Waals surface area (Å²) in [7, 11) is -3.71. The Labute approximate surface area is 187 Å². The molecule has 32 heavy (non-hydrogen) atoms. The van der Waals surface area contributed by atoms with Crippen molar-refractivity contribution in [3.63, 3.8) is 0 Å². The third-order valence-electron chi connectivity index (χ3n) is 5.46. The Morgan fingerprint density at radius 3 is 2.59 bits per heavy atom. The number of likely N-dealkylation sites (tertiary alicyclic amines) is 1. The lowest BCUT2D eigenvalue weighted by Gasteiger charge is -2.22. The Morgan fingerprint density at radius 1 is 1.12 bits per heavy atom. The lowest BCUT2D eigenvalue weighted by molar-refractivity contribution is -0.128. The molecule has 0 saturated carbocycles. The fourth-order valence-electron chi connectivity index (χ4n) is 3.78. The van der Waals surface area contributed by atoms with E-state index in [9.17, 15) is 18.0 Å². The van der Waals surface area contributed by atoms with Crippen LogP contribution in [-0.4, -0.2) is 51.3 Å². The van der Waals surface area contributed by atoms with E-state index in [0.717, 1.165) is 34.7 Å². The average Bonchev–Trinajstić information content (AvgIpc) is 3.39. The first-order chi connectivity index (χ1) is 15.3. The van der Waals surface area contributed by atoms with Gasteiger partial charge in [-0.25, -0.2) is 8.42 Å². The van der Waals surface area contributed by atoms with E-state index in [1.807, 2.05) is 29.2 Å². The zero-order chi connectivity index (χ0) is 22.7. The predicted octanol–water partition coefficient (Wildman–Crippen LogP) is 1.62. The van der Waals surface area contributed by atoms with Crippen molar-refractivity contribution in [2.45, 2.75) is 25.9 Å². The van der Waals surface area contributed by atoms with E-state index in [1.54, 1.807) is 18.2 Å². The molecular weight excluding hydrogens is 434 g/mol. The van der Waals surface area contributed by atoms with Gasteiger partial charge in [0, 0.05) is 32.1 Å². The van der Waals surface area contributed by atoms with Gasteiger partial charge >= 0.3 is 0 Å². The molecule has 2 aromatic rings. The second-order valence-corrected chi connectivity index (χ2v) is 9.68. The number of nitrogens with one attached hydrogen (secondary N) is 1. The van der Waals surface area contributed by atoms with E-state index in [1.165, 1.54) is 0 Å². The number of hydrogen-bond acceptors (Lipinski definition) is 6. The number of nitrogens with zero attached hydrogens (tertiary/aromatic N) is 2. The number of amides is 2. The first kappa shape index (κ1) is 21.9. The molecule has 0 atom stereocenters. The van der Waals surface area contributed by atoms with Gasteiger partial charge in [-0.3, -0.25) is 13.9 Å². The lowest BCUT2D eigenvalue weighted by Crippen LogP contribution is -2.40. The molecule has 2 aliphatic rings. The van der Waals surface area contributed by atoms with Gasteiger partial charge in [0.25, 0.3) is 0 Å². The number of ether oxygens (including phenoxy) is 2. The second kappa shape index (κ2) is 9.07. The molecule has 0 spiro atoms. The summed E-state index contributed by atoms with van der Waals surface area (Å²) in [6, 6.07) is 12.3. The summed E-state index contributed by atoms with van der Waals surface area (Å²) in [6.45, 7) is 1.16. The molecular formula is C22H25N3O6S. The molecule has 1 saturated heterocycles. The van der Waals surface area contributed by atoms with E-state index in [0.29, 0.717) is 30.2 Å². The van der Waals surface area contributed by atoms with E-state index in [4.69, 9.17) is 9.47 Å². The molecule has 170 valence electrons. The zero-order valence-corrected chi connectivity index (χ0v) is 18.6. The molecule has 0 aromatic heterocycles. The van der Waals surface area contributed by atoms with Gasteiger partial charge in [0.1, 0.15) is 6.54 Å². The van der Waals surface area contributed by atoms with Gasteiger partial charge in [-0.1, -0.05) is 24.3 Å². The Kier molecular flexibility index (Phi) is 6.22. The smallest absolute Gasteiger partial charge is 0.241 e. The maximum atomic E-state index is 12.7. The number of carbonyl (C=O) groups is 2. The highest BCUT2D eigenvalue weighted by molar-refractivity contribution is 7.92. The first-order valence-corrected chi connectivity index (χ1v) is 12.1. The van der Waals surface area contributed by atoms with Crippen molar-refractivity contribution in [1.29, 1.82) is 0 Å². The van der Waals surface area contributed by atoms with Gasteiger partial charge in [-0.05, 0) is 29.7 Å². The quantitative estimate of drug-likeness (QED) is 0.643. The minimum Gasteiger partial charge on any atom is -0.454 e. The van der Waals surface area contributed by atoms with Gasteiger partial charge in [0.05, 0.1) is 11.9 Å². The third kappa shape index (κ3) is 4.96. The number of hydrogen-bond donors (Lipinski definition) is 1. The van der Waals surface area contributed by atoms with E-state index >= 15 is 0 Å². The van der Waals surface area contributed by atoms with Crippen molar-refractivity contribution >= 4 is 27.5 Å². The molecule has 1 N–H and O–H groups in total. The molecule has 9 nitrogen and oxygen atoms in total. The van der Waals surface area contributed by atoms with Crippen molar-refractivity contribution in [3.05, 3.63) is 53.6 Å². The van der Waals surface area contributed by atoms with E-state index in [2.05, 4.69) is 5.32 Å². The molecule has 2 amide bonds. The highest BCUT2D eigenvalue weighted by Gasteiger charge is 2.24. The van der Waals surface area contributed by atoms with E-state index in [-0.39, 0.29) is 25.8 Å². The fourth-order valence-corrected chi connectivity index (χ4v) is 4.63. The summed E-state index contributed by atoms with van der Waals surface area (Å²) < 4.78 is 36.3. The number of sulfonamides is 1. The van der Waals surface area contributed by atoms with Crippen molar-refractivity contribution in [1.82, 2.24) is 10.2 Å². The lowest BCUT2D eigenvalue weighted by atomic mass is 10.1. The van der Waals surface area contributed by atoms with Crippen LogP contribution in [0.25, 0.3) is 0 Å². The van der Waals surface area contributed by atoms with Crippen LogP contribution in [0.15, 0.2) is 42.5 Å². The number of benzene rings is 2. The SMILES string of the molecule is CS(=O)(=O)N(CC(=O)NCc1ccccc1CN1CCCC1=O)c1ccc2c(c1)OCO2. The zero-order valence-electron chi connectivity index (χ0n) is 17.7. The largest absolute Gasteiger partial charge is 0.454 e. The molecule has 2 heterocycles. The number of fused-ring (bicyclic) bond motifs is 1. The summed E-state index contributed by atoms with van der Waals surface area (Å²) in [4.78, 5) is 26.4. The van der Waals surface area contributed by atoms with Crippen LogP contribution in [0.4, 0.5) is 5.69 Å². The highest BCUT2D eigenvalue weighted by Crippen LogP contribution is 2.36. The molecule has 10 heteroatoms. The minimum absolute atomic E-state index is 0.0700. The van der Waals surface area contributed by atoms with Crippen LogP contribution < -0.4 is 19.1 Å². The van der Waals surface area contributed by atoms with Gasteiger partial charge in [-0.15, -0.1) is 0 Å². The van der Waals surface area contributed by atoms with Crippen molar-refractivity contribution in [2.24, 2.45) is 0 Å². The maximum Gasteiger partial charge on any atom is 0.241 e. The van der Waals surface area contributed by atoms with Crippen LogP contribution in [0.1, 0.15) is 24.0 Å². The van der Waals surface area contributed by atoms with Crippen LogP contribution >= 0.6 is 0 Å². The first-order valence-electron chi connectivity index (χ1n) is 10.3. The minimum atomic E-state index is -3.71. The fraction of sp³-hybridized carbons (Fsp3) is 0.364. The van der Waals surface area contributed by atoms with Crippen molar-refractivity contribution in [2.75, 3.05) is 30.4 Å². The summed E-state index contributed by atoms with van der Waals surface area (Å²) in [6.07, 6.45) is 2.48. The summed E-state index contributed by atoms with van der Waals surface area (Å²) in [5.41, 5.74) is 2.16. The average molecular weight is 460 g/mol. The van der Waals surface area contributed by atoms with Crippen molar-refractivity contribution < 1.29 is 27.5 Å². The molecule has 4 rings (SSSR count). The van der Waals surface area contributed by atoms with Crippen LogP contribution in [0.2, 0.25) is 0 Å². The normalized spacial score (nSPS) is 15.2. The molecule has 0 bridgehead atoms.